The molecule has 0 amide bonds. The molecule has 0 atom stereocenters. The van der Waals surface area contributed by atoms with Crippen molar-refractivity contribution in [3.63, 3.8) is 0 Å². The van der Waals surface area contributed by atoms with Crippen LogP contribution in [-0.4, -0.2) is 13.2 Å². The standard InChI is InChI=1S/C20H20ClF3O2/c1-3-5-6-12-26-16-10-8-14(18(22)20(16)24)13-7-9-15(25-11-4-2)19(23)17(13)21/h4,7-10H,2-3,5-6,11-12H2,1H3. The Morgan fingerprint density at radius 3 is 2.23 bits per heavy atom. The molecule has 6 heteroatoms. The molecule has 0 bridgehead atoms. The lowest BCUT2D eigenvalue weighted by molar-refractivity contribution is 0.286. The third kappa shape index (κ3) is 4.52. The van der Waals surface area contributed by atoms with Crippen molar-refractivity contribution in [3.05, 3.63) is 59.4 Å². The fourth-order valence-electron chi connectivity index (χ4n) is 2.39. The predicted octanol–water partition coefficient (Wildman–Crippen LogP) is 6.56. The van der Waals surface area contributed by atoms with Gasteiger partial charge in [-0.15, -0.1) is 0 Å². The van der Waals surface area contributed by atoms with E-state index < -0.39 is 17.5 Å². The molecule has 2 aromatic rings. The van der Waals surface area contributed by atoms with Gasteiger partial charge in [-0.25, -0.2) is 8.78 Å². The summed E-state index contributed by atoms with van der Waals surface area (Å²) >= 11 is 5.99. The molecule has 0 N–H and O–H groups in total. The summed E-state index contributed by atoms with van der Waals surface area (Å²) in [4.78, 5) is 0. The molecule has 0 aliphatic rings. The van der Waals surface area contributed by atoms with Gasteiger partial charge in [0.1, 0.15) is 6.61 Å². The Balaban J connectivity index is 2.30. The fourth-order valence-corrected chi connectivity index (χ4v) is 2.64. The van der Waals surface area contributed by atoms with Gasteiger partial charge in [0.05, 0.1) is 11.6 Å². The maximum absolute atomic E-state index is 14.5. The van der Waals surface area contributed by atoms with E-state index in [1.807, 2.05) is 6.92 Å². The second-order valence-corrected chi connectivity index (χ2v) is 6.01. The monoisotopic (exact) mass is 384 g/mol. The third-order valence-corrected chi connectivity index (χ3v) is 4.12. The van der Waals surface area contributed by atoms with E-state index >= 15 is 0 Å². The average molecular weight is 385 g/mol. The van der Waals surface area contributed by atoms with Gasteiger partial charge in [-0.1, -0.05) is 44.0 Å². The number of hydrogen-bond donors (Lipinski definition) is 0. The minimum absolute atomic E-state index is 0.0315. The van der Waals surface area contributed by atoms with Crippen molar-refractivity contribution in [1.82, 2.24) is 0 Å². The zero-order valence-corrected chi connectivity index (χ0v) is 15.2. The molecule has 2 nitrogen and oxygen atoms in total. The number of rotatable bonds is 9. The van der Waals surface area contributed by atoms with Crippen LogP contribution in [0.25, 0.3) is 11.1 Å². The number of unbranched alkanes of at least 4 members (excludes halogenated alkanes) is 2. The van der Waals surface area contributed by atoms with Crippen molar-refractivity contribution >= 4 is 11.6 Å². The van der Waals surface area contributed by atoms with Crippen LogP contribution in [0.2, 0.25) is 5.02 Å². The van der Waals surface area contributed by atoms with Crippen LogP contribution in [0.1, 0.15) is 26.2 Å². The third-order valence-electron chi connectivity index (χ3n) is 3.75. The Bertz CT molecular complexity index is 778. The molecule has 0 saturated heterocycles. The molecule has 0 aromatic heterocycles. The van der Waals surface area contributed by atoms with Crippen LogP contribution < -0.4 is 9.47 Å². The summed E-state index contributed by atoms with van der Waals surface area (Å²) in [5.41, 5.74) is -0.119. The van der Waals surface area contributed by atoms with E-state index in [0.717, 1.165) is 19.3 Å². The van der Waals surface area contributed by atoms with Gasteiger partial charge in [0, 0.05) is 11.1 Å². The van der Waals surface area contributed by atoms with Gasteiger partial charge in [0.15, 0.2) is 23.1 Å². The highest BCUT2D eigenvalue weighted by Crippen LogP contribution is 2.38. The summed E-state index contributed by atoms with van der Waals surface area (Å²) in [7, 11) is 0. The number of benzene rings is 2. The van der Waals surface area contributed by atoms with Gasteiger partial charge in [-0.3, -0.25) is 0 Å². The second-order valence-electron chi connectivity index (χ2n) is 5.63. The molecule has 0 aliphatic heterocycles. The Labute approximate surface area is 156 Å². The topological polar surface area (TPSA) is 18.5 Å². The van der Waals surface area contributed by atoms with Gasteiger partial charge in [0.2, 0.25) is 5.82 Å². The smallest absolute Gasteiger partial charge is 0.201 e. The van der Waals surface area contributed by atoms with Crippen molar-refractivity contribution in [2.45, 2.75) is 26.2 Å². The predicted molar refractivity (Wildman–Crippen MR) is 97.5 cm³/mol. The first-order chi connectivity index (χ1) is 12.5. The maximum atomic E-state index is 14.5. The summed E-state index contributed by atoms with van der Waals surface area (Å²) in [6, 6.07) is 5.32. The molecular weight excluding hydrogens is 365 g/mol. The molecule has 26 heavy (non-hydrogen) atoms. The molecule has 0 unspecified atom stereocenters. The zero-order valence-electron chi connectivity index (χ0n) is 14.5. The van der Waals surface area contributed by atoms with E-state index in [4.69, 9.17) is 21.1 Å². The minimum atomic E-state index is -1.14. The number of halogens is 4. The molecule has 0 heterocycles. The van der Waals surface area contributed by atoms with Crippen molar-refractivity contribution < 1.29 is 22.6 Å². The average Bonchev–Trinajstić information content (AvgIpc) is 2.64. The van der Waals surface area contributed by atoms with E-state index in [2.05, 4.69) is 6.58 Å². The van der Waals surface area contributed by atoms with Crippen LogP contribution in [-0.2, 0) is 0 Å². The molecule has 140 valence electrons. The van der Waals surface area contributed by atoms with Gasteiger partial charge < -0.3 is 9.47 Å². The van der Waals surface area contributed by atoms with E-state index in [-0.39, 0.29) is 34.3 Å². The Kier molecular flexibility index (Phi) is 7.39. The highest BCUT2D eigenvalue weighted by atomic mass is 35.5. The van der Waals surface area contributed by atoms with Gasteiger partial charge >= 0.3 is 0 Å². The summed E-state index contributed by atoms with van der Waals surface area (Å²) in [5.74, 6) is -3.37. The van der Waals surface area contributed by atoms with Crippen LogP contribution >= 0.6 is 11.6 Å². The van der Waals surface area contributed by atoms with Crippen molar-refractivity contribution in [2.24, 2.45) is 0 Å². The Morgan fingerprint density at radius 2 is 1.58 bits per heavy atom. The zero-order chi connectivity index (χ0) is 19.1. The molecule has 0 fully saturated rings. The first kappa shape index (κ1) is 20.2. The quantitative estimate of drug-likeness (QED) is 0.360. The molecule has 2 rings (SSSR count). The molecule has 0 radical (unpaired) electrons. The largest absolute Gasteiger partial charge is 0.490 e. The lowest BCUT2D eigenvalue weighted by Crippen LogP contribution is -2.02. The highest BCUT2D eigenvalue weighted by Gasteiger charge is 2.20. The van der Waals surface area contributed by atoms with Crippen LogP contribution in [0.5, 0.6) is 11.5 Å². The van der Waals surface area contributed by atoms with Crippen molar-refractivity contribution in [2.75, 3.05) is 13.2 Å². The van der Waals surface area contributed by atoms with E-state index in [1.54, 1.807) is 0 Å². The molecule has 0 saturated carbocycles. The Morgan fingerprint density at radius 1 is 0.923 bits per heavy atom. The molecule has 0 aliphatic carbocycles. The van der Waals surface area contributed by atoms with Crippen LogP contribution in [0.15, 0.2) is 36.9 Å². The van der Waals surface area contributed by atoms with E-state index in [9.17, 15) is 13.2 Å². The van der Waals surface area contributed by atoms with Crippen LogP contribution in [0.3, 0.4) is 0 Å². The molecule has 0 spiro atoms. The summed E-state index contributed by atoms with van der Waals surface area (Å²) in [6.45, 7) is 5.90. The van der Waals surface area contributed by atoms with Crippen molar-refractivity contribution in [1.29, 1.82) is 0 Å². The van der Waals surface area contributed by atoms with Crippen molar-refractivity contribution in [3.8, 4) is 22.6 Å². The van der Waals surface area contributed by atoms with Gasteiger partial charge in [-0.2, -0.15) is 4.39 Å². The highest BCUT2D eigenvalue weighted by molar-refractivity contribution is 6.33. The summed E-state index contributed by atoms with van der Waals surface area (Å²) in [5, 5.41) is -0.346. The lowest BCUT2D eigenvalue weighted by atomic mass is 10.0. The first-order valence-corrected chi connectivity index (χ1v) is 8.71. The minimum Gasteiger partial charge on any atom is -0.490 e. The van der Waals surface area contributed by atoms with E-state index in [1.165, 1.54) is 30.3 Å². The fraction of sp³-hybridized carbons (Fsp3) is 0.300. The summed E-state index contributed by atoms with van der Waals surface area (Å²) < 4.78 is 53.4. The number of hydrogen-bond acceptors (Lipinski definition) is 2. The van der Waals surface area contributed by atoms with E-state index in [0.29, 0.717) is 6.61 Å². The normalized spacial score (nSPS) is 10.7. The summed E-state index contributed by atoms with van der Waals surface area (Å²) in [6.07, 6.45) is 4.14. The Hall–Kier alpha value is -2.14. The van der Waals surface area contributed by atoms with Gasteiger partial charge in [-0.05, 0) is 30.7 Å². The lowest BCUT2D eigenvalue weighted by Gasteiger charge is -2.13. The van der Waals surface area contributed by atoms with Crippen LogP contribution in [0, 0.1) is 17.5 Å². The maximum Gasteiger partial charge on any atom is 0.201 e. The molecule has 2 aromatic carbocycles. The second kappa shape index (κ2) is 9.53. The number of ether oxygens (including phenoxy) is 2. The first-order valence-electron chi connectivity index (χ1n) is 8.34. The van der Waals surface area contributed by atoms with Crippen LogP contribution in [0.4, 0.5) is 13.2 Å². The molecular formula is C20H20ClF3O2. The SMILES string of the molecule is C=CCOc1ccc(-c2ccc(OCCCCC)c(F)c2F)c(Cl)c1F. The van der Waals surface area contributed by atoms with Gasteiger partial charge in [0.25, 0.3) is 0 Å².